The molecule has 0 aromatic carbocycles. The molecule has 0 radical (unpaired) electrons. The van der Waals surface area contributed by atoms with Gasteiger partial charge in [-0.1, -0.05) is 11.3 Å². The van der Waals surface area contributed by atoms with Gasteiger partial charge in [0.2, 0.25) is 10.8 Å². The van der Waals surface area contributed by atoms with Gasteiger partial charge in [0, 0.05) is 6.54 Å². The maximum Gasteiger partial charge on any atom is 0.230 e. The van der Waals surface area contributed by atoms with Crippen molar-refractivity contribution >= 4 is 16.3 Å². The smallest absolute Gasteiger partial charge is 0.230 e. The maximum absolute atomic E-state index is 10.4. The molecule has 3 aromatic heterocycles. The van der Waals surface area contributed by atoms with Crippen LogP contribution in [0.4, 0.5) is 0 Å². The van der Waals surface area contributed by atoms with Crippen molar-refractivity contribution in [1.82, 2.24) is 19.5 Å². The average molecular weight is 308 g/mol. The number of aryl methyl sites for hydroxylation is 1. The molecule has 21 heavy (non-hydrogen) atoms. The number of furan rings is 1. The molecule has 0 bridgehead atoms. The average Bonchev–Trinajstić information content (AvgIpc) is 3.12. The molecule has 112 valence electrons. The SMILES string of the molecule is Cc1nc2sc(C(c3ccco3)N(C)CCO)c(O)n2n1. The first-order chi connectivity index (χ1) is 10.1. The first-order valence-electron chi connectivity index (χ1n) is 6.51. The monoisotopic (exact) mass is 308 g/mol. The second kappa shape index (κ2) is 5.47. The third kappa shape index (κ3) is 2.41. The van der Waals surface area contributed by atoms with Crippen molar-refractivity contribution in [3.8, 4) is 5.88 Å². The maximum atomic E-state index is 10.4. The van der Waals surface area contributed by atoms with E-state index in [-0.39, 0.29) is 18.5 Å². The highest BCUT2D eigenvalue weighted by Gasteiger charge is 2.29. The highest BCUT2D eigenvalue weighted by molar-refractivity contribution is 7.17. The number of likely N-dealkylation sites (N-methyl/N-ethyl adjacent to an activating group) is 1. The number of aromatic hydroxyl groups is 1. The van der Waals surface area contributed by atoms with Gasteiger partial charge in [-0.2, -0.15) is 4.52 Å². The molecule has 1 atom stereocenters. The molecule has 1 unspecified atom stereocenters. The Balaban J connectivity index is 2.09. The molecule has 0 fully saturated rings. The second-order valence-corrected chi connectivity index (χ2v) is 5.77. The van der Waals surface area contributed by atoms with E-state index in [1.807, 2.05) is 18.0 Å². The summed E-state index contributed by atoms with van der Waals surface area (Å²) < 4.78 is 6.92. The van der Waals surface area contributed by atoms with E-state index in [0.717, 1.165) is 0 Å². The van der Waals surface area contributed by atoms with Gasteiger partial charge < -0.3 is 14.6 Å². The normalized spacial score (nSPS) is 13.3. The third-order valence-electron chi connectivity index (χ3n) is 3.26. The van der Waals surface area contributed by atoms with Crippen LogP contribution < -0.4 is 0 Å². The molecule has 2 N–H and O–H groups in total. The summed E-state index contributed by atoms with van der Waals surface area (Å²) in [6.07, 6.45) is 1.59. The van der Waals surface area contributed by atoms with Crippen molar-refractivity contribution in [2.24, 2.45) is 0 Å². The lowest BCUT2D eigenvalue weighted by atomic mass is 10.1. The van der Waals surface area contributed by atoms with Crippen LogP contribution in [0.1, 0.15) is 22.5 Å². The predicted molar refractivity (Wildman–Crippen MR) is 77.5 cm³/mol. The van der Waals surface area contributed by atoms with E-state index in [4.69, 9.17) is 4.42 Å². The van der Waals surface area contributed by atoms with Crippen LogP contribution in [-0.2, 0) is 0 Å². The van der Waals surface area contributed by atoms with Crippen molar-refractivity contribution in [3.05, 3.63) is 34.9 Å². The predicted octanol–water partition coefficient (Wildman–Crippen LogP) is 1.41. The molecular weight excluding hydrogens is 292 g/mol. The Bertz CT molecular complexity index is 734. The number of aliphatic hydroxyl groups is 1. The van der Waals surface area contributed by atoms with Crippen LogP contribution >= 0.6 is 11.3 Å². The quantitative estimate of drug-likeness (QED) is 0.741. The molecule has 0 aliphatic carbocycles. The number of rotatable bonds is 5. The minimum atomic E-state index is -0.291. The van der Waals surface area contributed by atoms with E-state index in [1.54, 1.807) is 19.3 Å². The topological polar surface area (TPSA) is 87.0 Å². The third-order valence-corrected chi connectivity index (χ3v) is 4.33. The van der Waals surface area contributed by atoms with Gasteiger partial charge >= 0.3 is 0 Å². The first-order valence-corrected chi connectivity index (χ1v) is 7.33. The zero-order chi connectivity index (χ0) is 15.0. The lowest BCUT2D eigenvalue weighted by Gasteiger charge is -2.24. The highest BCUT2D eigenvalue weighted by atomic mass is 32.1. The van der Waals surface area contributed by atoms with E-state index in [2.05, 4.69) is 10.1 Å². The number of fused-ring (bicyclic) bond motifs is 1. The van der Waals surface area contributed by atoms with Gasteiger partial charge in [0.1, 0.15) is 17.6 Å². The Hall–Kier alpha value is -1.90. The Morgan fingerprint density at radius 2 is 2.33 bits per heavy atom. The Labute approximate surface area is 125 Å². The first kappa shape index (κ1) is 14.1. The molecule has 0 saturated carbocycles. The Morgan fingerprint density at radius 3 is 2.95 bits per heavy atom. The summed E-state index contributed by atoms with van der Waals surface area (Å²) >= 11 is 1.36. The molecule has 7 nitrogen and oxygen atoms in total. The fourth-order valence-electron chi connectivity index (χ4n) is 2.31. The van der Waals surface area contributed by atoms with Gasteiger partial charge in [-0.25, -0.2) is 4.98 Å². The van der Waals surface area contributed by atoms with Crippen LogP contribution in [0.5, 0.6) is 5.88 Å². The van der Waals surface area contributed by atoms with Crippen LogP contribution in [0.15, 0.2) is 22.8 Å². The summed E-state index contributed by atoms with van der Waals surface area (Å²) in [5.74, 6) is 1.37. The van der Waals surface area contributed by atoms with E-state index < -0.39 is 0 Å². The fourth-order valence-corrected chi connectivity index (χ4v) is 3.48. The van der Waals surface area contributed by atoms with E-state index >= 15 is 0 Å². The molecule has 0 aliphatic heterocycles. The summed E-state index contributed by atoms with van der Waals surface area (Å²) in [5, 5.41) is 23.8. The van der Waals surface area contributed by atoms with Crippen molar-refractivity contribution in [1.29, 1.82) is 0 Å². The molecule has 3 heterocycles. The van der Waals surface area contributed by atoms with E-state index in [0.29, 0.717) is 28.0 Å². The lowest BCUT2D eigenvalue weighted by Crippen LogP contribution is -2.27. The highest BCUT2D eigenvalue weighted by Crippen LogP contribution is 2.39. The second-order valence-electron chi connectivity index (χ2n) is 4.77. The summed E-state index contributed by atoms with van der Waals surface area (Å²) in [5.41, 5.74) is 0. The number of aliphatic hydroxyl groups excluding tert-OH is 1. The van der Waals surface area contributed by atoms with Gasteiger partial charge in [-0.15, -0.1) is 5.10 Å². The minimum Gasteiger partial charge on any atom is -0.492 e. The zero-order valence-corrected chi connectivity index (χ0v) is 12.5. The van der Waals surface area contributed by atoms with Gasteiger partial charge in [-0.05, 0) is 26.1 Å². The molecule has 3 rings (SSSR count). The van der Waals surface area contributed by atoms with Crippen LogP contribution in [0.25, 0.3) is 4.96 Å². The van der Waals surface area contributed by atoms with Gasteiger partial charge in [0.15, 0.2) is 0 Å². The van der Waals surface area contributed by atoms with Crippen LogP contribution in [-0.4, -0.2) is 49.9 Å². The molecule has 0 spiro atoms. The minimum absolute atomic E-state index is 0.0222. The molecule has 0 amide bonds. The zero-order valence-electron chi connectivity index (χ0n) is 11.7. The van der Waals surface area contributed by atoms with E-state index in [1.165, 1.54) is 15.9 Å². The Kier molecular flexibility index (Phi) is 3.66. The van der Waals surface area contributed by atoms with Crippen molar-refractivity contribution in [3.63, 3.8) is 0 Å². The summed E-state index contributed by atoms with van der Waals surface area (Å²) in [7, 11) is 1.87. The number of nitrogens with zero attached hydrogens (tertiary/aromatic N) is 4. The van der Waals surface area contributed by atoms with Crippen LogP contribution in [0.3, 0.4) is 0 Å². The number of thiazole rings is 1. The number of aromatic nitrogens is 3. The molecule has 0 aliphatic rings. The van der Waals surface area contributed by atoms with Gasteiger partial charge in [-0.3, -0.25) is 4.90 Å². The molecule has 3 aromatic rings. The largest absolute Gasteiger partial charge is 0.492 e. The number of hydrogen-bond acceptors (Lipinski definition) is 7. The van der Waals surface area contributed by atoms with Crippen molar-refractivity contribution < 1.29 is 14.6 Å². The molecule has 8 heteroatoms. The van der Waals surface area contributed by atoms with Crippen molar-refractivity contribution in [2.75, 3.05) is 20.2 Å². The molecule has 0 saturated heterocycles. The van der Waals surface area contributed by atoms with Gasteiger partial charge in [0.05, 0.1) is 17.7 Å². The van der Waals surface area contributed by atoms with Crippen LogP contribution in [0, 0.1) is 6.92 Å². The van der Waals surface area contributed by atoms with Gasteiger partial charge in [0.25, 0.3) is 0 Å². The van der Waals surface area contributed by atoms with E-state index in [9.17, 15) is 10.2 Å². The fraction of sp³-hybridized carbons (Fsp3) is 0.385. The number of hydrogen-bond donors (Lipinski definition) is 2. The summed E-state index contributed by atoms with van der Waals surface area (Å²) in [6.45, 7) is 2.26. The summed E-state index contributed by atoms with van der Waals surface area (Å²) in [6, 6.07) is 3.35. The molecular formula is C13H16N4O3S. The summed E-state index contributed by atoms with van der Waals surface area (Å²) in [4.78, 5) is 7.51. The Morgan fingerprint density at radius 1 is 1.52 bits per heavy atom. The van der Waals surface area contributed by atoms with Crippen LogP contribution in [0.2, 0.25) is 0 Å². The standard InChI is InChI=1S/C13H16N4O3S/c1-8-14-13-17(15-8)12(19)11(21-13)10(16(2)5-6-18)9-4-3-7-20-9/h3-4,7,10,18-19H,5-6H2,1-2H3. The lowest BCUT2D eigenvalue weighted by molar-refractivity contribution is 0.184. The van der Waals surface area contributed by atoms with Crippen molar-refractivity contribution in [2.45, 2.75) is 13.0 Å².